The predicted octanol–water partition coefficient (Wildman–Crippen LogP) is 4.13. The minimum atomic E-state index is -0.136. The van der Waals surface area contributed by atoms with Gasteiger partial charge in [0.25, 0.3) is 0 Å². The van der Waals surface area contributed by atoms with E-state index in [4.69, 9.17) is 9.47 Å². The zero-order valence-electron chi connectivity index (χ0n) is 10.9. The molecule has 0 aliphatic carbocycles. The van der Waals surface area contributed by atoms with E-state index in [1.54, 1.807) is 10.2 Å². The largest absolute Gasteiger partial charge is 0.490 e. The Morgan fingerprint density at radius 2 is 2.42 bits per heavy atom. The Hall–Kier alpha value is -0.680. The van der Waals surface area contributed by atoms with Crippen LogP contribution in [0.25, 0.3) is 0 Å². The Kier molecular flexibility index (Phi) is 5.58. The molecular weight excluding hydrogens is 328 g/mol. The minimum absolute atomic E-state index is 0.124. The molecule has 0 spiro atoms. The lowest BCUT2D eigenvalue weighted by Crippen LogP contribution is -2.23. The number of fused-ring (bicyclic) bond motifs is 1. The second-order valence-electron chi connectivity index (χ2n) is 4.47. The Balaban J connectivity index is 1.89. The quantitative estimate of drug-likeness (QED) is 0.752. The van der Waals surface area contributed by atoms with E-state index in [1.807, 2.05) is 19.1 Å². The van der Waals surface area contributed by atoms with E-state index < -0.39 is 0 Å². The van der Waals surface area contributed by atoms with Crippen molar-refractivity contribution in [1.82, 2.24) is 0 Å². The smallest absolute Gasteiger partial charge is 0.305 e. The van der Waals surface area contributed by atoms with Crippen molar-refractivity contribution in [2.75, 3.05) is 6.61 Å². The Morgan fingerprint density at radius 1 is 1.58 bits per heavy atom. The van der Waals surface area contributed by atoms with Crippen molar-refractivity contribution in [3.8, 4) is 5.75 Å². The highest BCUT2D eigenvalue weighted by Gasteiger charge is 2.21. The number of hydrogen-bond acceptors (Lipinski definition) is 4. The van der Waals surface area contributed by atoms with Crippen molar-refractivity contribution >= 4 is 31.0 Å². The summed E-state index contributed by atoms with van der Waals surface area (Å²) in [7, 11) is 1.56. The molecule has 0 saturated carbocycles. The second kappa shape index (κ2) is 7.20. The van der Waals surface area contributed by atoms with Gasteiger partial charge >= 0.3 is 5.97 Å². The molecule has 104 valence electrons. The van der Waals surface area contributed by atoms with Gasteiger partial charge in [0.15, 0.2) is 0 Å². The van der Waals surface area contributed by atoms with Gasteiger partial charge in [-0.15, -0.1) is 0 Å². The van der Waals surface area contributed by atoms with Gasteiger partial charge in [-0.1, -0.05) is 0 Å². The van der Waals surface area contributed by atoms with Crippen LogP contribution in [0.15, 0.2) is 23.1 Å². The summed E-state index contributed by atoms with van der Waals surface area (Å²) < 4.78 is 10.9. The maximum atomic E-state index is 11.3. The first-order chi connectivity index (χ1) is 9.22. The van der Waals surface area contributed by atoms with Crippen molar-refractivity contribution in [1.29, 1.82) is 0 Å². The van der Waals surface area contributed by atoms with Crippen LogP contribution in [0.5, 0.6) is 5.75 Å². The normalized spacial score (nSPS) is 17.5. The first kappa shape index (κ1) is 14.7. The van der Waals surface area contributed by atoms with Gasteiger partial charge in [-0.05, 0) is 75.0 Å². The van der Waals surface area contributed by atoms with Crippen molar-refractivity contribution < 1.29 is 14.3 Å². The summed E-state index contributed by atoms with van der Waals surface area (Å²) in [5.41, 5.74) is 1.25. The summed E-state index contributed by atoms with van der Waals surface area (Å²) in [4.78, 5) is 12.5. The van der Waals surface area contributed by atoms with E-state index in [2.05, 4.69) is 20.9 Å². The van der Waals surface area contributed by atoms with Crippen molar-refractivity contribution in [2.45, 2.75) is 43.6 Å². The highest BCUT2D eigenvalue weighted by atomic mass is 79.9. The first-order valence-electron chi connectivity index (χ1n) is 6.46. The fraction of sp³-hybridized carbons (Fsp3) is 0.500. The van der Waals surface area contributed by atoms with Crippen LogP contribution in [0.2, 0.25) is 0 Å². The van der Waals surface area contributed by atoms with E-state index in [0.29, 0.717) is 13.0 Å². The van der Waals surface area contributed by atoms with Crippen LogP contribution in [0.3, 0.4) is 0 Å². The van der Waals surface area contributed by atoms with Crippen LogP contribution in [0.1, 0.15) is 31.7 Å². The third-order valence-electron chi connectivity index (χ3n) is 3.13. The number of aryl methyl sites for hydroxylation is 1. The number of carbonyl (C=O) groups excluding carboxylic acids is 1. The van der Waals surface area contributed by atoms with Gasteiger partial charge in [0.1, 0.15) is 5.75 Å². The van der Waals surface area contributed by atoms with Gasteiger partial charge in [-0.25, -0.2) is 0 Å². The van der Waals surface area contributed by atoms with E-state index in [9.17, 15) is 4.79 Å². The molecule has 3 nitrogen and oxygen atoms in total. The number of halogens is 1. The number of esters is 1. The standard InChI is InChI=1S/C14H17BrO3S/c1-2-17-14(16)8-5-11-4-3-10-9-12(19-15)6-7-13(10)18-11/h6-7,9,11H,2-5,8H2,1H3. The number of hydrogen-bond donors (Lipinski definition) is 0. The molecule has 0 aromatic heterocycles. The van der Waals surface area contributed by atoms with E-state index in [1.165, 1.54) is 10.5 Å². The number of rotatable bonds is 5. The van der Waals surface area contributed by atoms with Crippen molar-refractivity contribution in [3.63, 3.8) is 0 Å². The summed E-state index contributed by atoms with van der Waals surface area (Å²) >= 11 is 3.38. The molecule has 1 aliphatic rings. The van der Waals surface area contributed by atoms with E-state index >= 15 is 0 Å². The Bertz CT molecular complexity index is 450. The van der Waals surface area contributed by atoms with E-state index in [-0.39, 0.29) is 12.1 Å². The Labute approximate surface area is 125 Å². The van der Waals surface area contributed by atoms with Crippen molar-refractivity contribution in [2.24, 2.45) is 0 Å². The maximum Gasteiger partial charge on any atom is 0.305 e. The summed E-state index contributed by atoms with van der Waals surface area (Å²) in [6.07, 6.45) is 3.25. The molecule has 0 N–H and O–H groups in total. The molecule has 5 heteroatoms. The lowest BCUT2D eigenvalue weighted by Gasteiger charge is -2.26. The maximum absolute atomic E-state index is 11.3. The lowest BCUT2D eigenvalue weighted by atomic mass is 9.99. The zero-order chi connectivity index (χ0) is 13.7. The van der Waals surface area contributed by atoms with Crippen LogP contribution in [0.4, 0.5) is 0 Å². The monoisotopic (exact) mass is 344 g/mol. The topological polar surface area (TPSA) is 35.5 Å². The van der Waals surface area contributed by atoms with Gasteiger partial charge in [-0.2, -0.15) is 0 Å². The molecule has 1 aromatic rings. The predicted molar refractivity (Wildman–Crippen MR) is 79.8 cm³/mol. The first-order valence-corrected chi connectivity index (χ1v) is 9.12. The van der Waals surface area contributed by atoms with Crippen molar-refractivity contribution in [3.05, 3.63) is 23.8 Å². The molecular formula is C14H17BrO3S. The average Bonchev–Trinajstić information content (AvgIpc) is 2.44. The molecule has 0 fully saturated rings. The van der Waals surface area contributed by atoms with Gasteiger partial charge in [0.2, 0.25) is 0 Å². The number of carbonyl (C=O) groups is 1. The molecule has 0 bridgehead atoms. The SMILES string of the molecule is CCOC(=O)CCC1CCc2cc(SBr)ccc2O1. The van der Waals surface area contributed by atoms with Crippen LogP contribution in [0, 0.1) is 0 Å². The van der Waals surface area contributed by atoms with Gasteiger partial charge in [0, 0.05) is 11.3 Å². The molecule has 19 heavy (non-hydrogen) atoms. The summed E-state index contributed by atoms with van der Waals surface area (Å²) in [5, 5.41) is 0. The molecule has 1 aromatic carbocycles. The minimum Gasteiger partial charge on any atom is -0.490 e. The Morgan fingerprint density at radius 3 is 3.16 bits per heavy atom. The molecule has 1 unspecified atom stereocenters. The summed E-state index contributed by atoms with van der Waals surface area (Å²) in [5.74, 6) is 0.813. The molecule has 0 saturated heterocycles. The fourth-order valence-electron chi connectivity index (χ4n) is 2.18. The van der Waals surface area contributed by atoms with E-state index in [0.717, 1.165) is 25.0 Å². The van der Waals surface area contributed by atoms with Crippen LogP contribution >= 0.6 is 25.0 Å². The number of benzene rings is 1. The van der Waals surface area contributed by atoms with Crippen LogP contribution < -0.4 is 4.74 Å². The molecule has 2 rings (SSSR count). The van der Waals surface area contributed by atoms with Crippen LogP contribution in [-0.2, 0) is 16.0 Å². The lowest BCUT2D eigenvalue weighted by molar-refractivity contribution is -0.143. The summed E-state index contributed by atoms with van der Waals surface area (Å²) in [6, 6.07) is 6.19. The highest BCUT2D eigenvalue weighted by molar-refractivity contribution is 9.50. The second-order valence-corrected chi connectivity index (χ2v) is 6.07. The van der Waals surface area contributed by atoms with Gasteiger partial charge < -0.3 is 9.47 Å². The highest BCUT2D eigenvalue weighted by Crippen LogP contribution is 2.34. The molecule has 1 aliphatic heterocycles. The molecule has 1 heterocycles. The fourth-order valence-corrected chi connectivity index (χ4v) is 3.09. The average molecular weight is 345 g/mol. The molecule has 1 atom stereocenters. The number of ether oxygens (including phenoxy) is 2. The molecule has 0 radical (unpaired) electrons. The van der Waals surface area contributed by atoms with Gasteiger partial charge in [-0.3, -0.25) is 4.79 Å². The third kappa shape index (κ3) is 4.14. The van der Waals surface area contributed by atoms with Crippen LogP contribution in [-0.4, -0.2) is 18.7 Å². The summed E-state index contributed by atoms with van der Waals surface area (Å²) in [6.45, 7) is 2.27. The third-order valence-corrected chi connectivity index (χ3v) is 4.68. The molecule has 0 amide bonds. The van der Waals surface area contributed by atoms with Gasteiger partial charge in [0.05, 0.1) is 12.7 Å². The zero-order valence-corrected chi connectivity index (χ0v) is 13.3.